The molecular formula is C32H49N5O5S2. The number of ketones is 1. The number of hydrogen-bond acceptors (Lipinski definition) is 7. The molecule has 3 aliphatic rings. The standard InChI is InChI=1S/C32H49N5O5S2/c1-18-19(2)34-25(23(18)20(3)38)29(41)35-24(21-12-9-8-10-13-21)28(40)36-26(31(4,5)6)30(42)37-17-32(43-14-11-15-44-32)16-22(37)27(39)33-7/h21-22,24,26,34H,8-17H2,1-7H3,(H,33,39)(H,35,41)(H,36,40)/t22-,24-,26+/m0/s1. The van der Waals surface area contributed by atoms with Crippen LogP contribution in [0.15, 0.2) is 0 Å². The number of carbonyl (C=O) groups is 5. The lowest BCUT2D eigenvalue weighted by Gasteiger charge is -2.38. The average molecular weight is 648 g/mol. The number of rotatable bonds is 8. The molecule has 12 heteroatoms. The van der Waals surface area contributed by atoms with Crippen LogP contribution in [0, 0.1) is 25.2 Å². The number of aromatic nitrogens is 1. The number of nitrogens with one attached hydrogen (secondary N) is 4. The molecule has 1 aromatic heterocycles. The number of likely N-dealkylation sites (tertiary alicyclic amines) is 1. The smallest absolute Gasteiger partial charge is 0.269 e. The van der Waals surface area contributed by atoms with E-state index in [9.17, 15) is 24.0 Å². The highest BCUT2D eigenvalue weighted by Crippen LogP contribution is 2.50. The van der Waals surface area contributed by atoms with Crippen LogP contribution in [0.4, 0.5) is 0 Å². The summed E-state index contributed by atoms with van der Waals surface area (Å²) in [7, 11) is 1.59. The Labute approximate surface area is 269 Å². The van der Waals surface area contributed by atoms with Gasteiger partial charge in [-0.2, -0.15) is 0 Å². The van der Waals surface area contributed by atoms with Crippen molar-refractivity contribution in [3.05, 3.63) is 22.5 Å². The first-order valence-electron chi connectivity index (χ1n) is 15.8. The molecule has 1 aliphatic carbocycles. The van der Waals surface area contributed by atoms with E-state index in [1.165, 1.54) is 6.92 Å². The largest absolute Gasteiger partial charge is 0.357 e. The molecule has 1 saturated carbocycles. The summed E-state index contributed by atoms with van der Waals surface area (Å²) in [5.74, 6) is 0.226. The molecule has 3 heterocycles. The van der Waals surface area contributed by atoms with Gasteiger partial charge in [-0.05, 0) is 68.4 Å². The van der Waals surface area contributed by atoms with Crippen molar-refractivity contribution in [1.29, 1.82) is 0 Å². The van der Waals surface area contributed by atoms with Crippen LogP contribution in [-0.4, -0.2) is 86.6 Å². The van der Waals surface area contributed by atoms with Crippen LogP contribution in [-0.2, 0) is 14.4 Å². The number of carbonyl (C=O) groups excluding carboxylic acids is 5. The molecule has 0 aromatic carbocycles. The zero-order valence-electron chi connectivity index (χ0n) is 27.2. The Morgan fingerprint density at radius 1 is 0.977 bits per heavy atom. The molecule has 0 radical (unpaired) electrons. The number of amides is 4. The highest BCUT2D eigenvalue weighted by atomic mass is 32.2. The van der Waals surface area contributed by atoms with Crippen LogP contribution in [0.3, 0.4) is 0 Å². The topological polar surface area (TPSA) is 140 Å². The second-order valence-electron chi connectivity index (χ2n) is 13.6. The van der Waals surface area contributed by atoms with Crippen molar-refractivity contribution in [3.8, 4) is 0 Å². The SMILES string of the molecule is CNC(=O)[C@@H]1CC2(CN1C(=O)[C@@H](NC(=O)[C@@H](NC(=O)c1[nH]c(C)c(C)c1C(C)=O)C1CCCCC1)C(C)(C)C)SCCCS2. The van der Waals surface area contributed by atoms with Gasteiger partial charge in [-0.3, -0.25) is 24.0 Å². The Hall–Kier alpha value is -2.47. The molecule has 2 aliphatic heterocycles. The molecule has 1 aromatic rings. The fourth-order valence-electron chi connectivity index (χ4n) is 6.75. The summed E-state index contributed by atoms with van der Waals surface area (Å²) in [4.78, 5) is 72.4. The van der Waals surface area contributed by atoms with Crippen molar-refractivity contribution >= 4 is 52.9 Å². The Bertz CT molecular complexity index is 1280. The minimum Gasteiger partial charge on any atom is -0.357 e. The molecular weight excluding hydrogens is 599 g/mol. The molecule has 4 N–H and O–H groups in total. The molecule has 4 rings (SSSR count). The number of aromatic amines is 1. The monoisotopic (exact) mass is 647 g/mol. The minimum absolute atomic E-state index is 0.106. The summed E-state index contributed by atoms with van der Waals surface area (Å²) < 4.78 is -0.239. The van der Waals surface area contributed by atoms with E-state index in [1.54, 1.807) is 18.9 Å². The van der Waals surface area contributed by atoms with Gasteiger partial charge in [0, 0.05) is 25.7 Å². The van der Waals surface area contributed by atoms with E-state index >= 15 is 0 Å². The fourth-order valence-corrected chi connectivity index (χ4v) is 10.1. The van der Waals surface area contributed by atoms with Crippen LogP contribution < -0.4 is 16.0 Å². The van der Waals surface area contributed by atoms with Gasteiger partial charge < -0.3 is 25.8 Å². The molecule has 4 amide bonds. The van der Waals surface area contributed by atoms with Crippen molar-refractivity contribution in [2.24, 2.45) is 11.3 Å². The van der Waals surface area contributed by atoms with Crippen LogP contribution in [0.1, 0.15) is 105 Å². The first kappa shape index (κ1) is 34.4. The van der Waals surface area contributed by atoms with Crippen molar-refractivity contribution < 1.29 is 24.0 Å². The summed E-state index contributed by atoms with van der Waals surface area (Å²) in [5.41, 5.74) is 1.25. The zero-order chi connectivity index (χ0) is 32.4. The van der Waals surface area contributed by atoms with Gasteiger partial charge in [0.2, 0.25) is 17.7 Å². The van der Waals surface area contributed by atoms with Gasteiger partial charge in [-0.1, -0.05) is 40.0 Å². The van der Waals surface area contributed by atoms with Crippen LogP contribution in [0.25, 0.3) is 0 Å². The second-order valence-corrected chi connectivity index (χ2v) is 16.8. The maximum Gasteiger partial charge on any atom is 0.269 e. The molecule has 2 saturated heterocycles. The first-order valence-corrected chi connectivity index (χ1v) is 17.8. The number of nitrogens with zero attached hydrogens (tertiary/aromatic N) is 1. The van der Waals surface area contributed by atoms with Crippen molar-refractivity contribution in [2.75, 3.05) is 25.1 Å². The highest BCUT2D eigenvalue weighted by molar-refractivity contribution is 8.18. The van der Waals surface area contributed by atoms with Crippen molar-refractivity contribution in [1.82, 2.24) is 25.8 Å². The summed E-state index contributed by atoms with van der Waals surface area (Å²) in [6, 6.07) is -2.42. The Balaban J connectivity index is 1.62. The van der Waals surface area contributed by atoms with Crippen molar-refractivity contribution in [3.63, 3.8) is 0 Å². The average Bonchev–Trinajstić information content (AvgIpc) is 3.50. The summed E-state index contributed by atoms with van der Waals surface area (Å²) in [5, 5.41) is 8.74. The lowest BCUT2D eigenvalue weighted by molar-refractivity contribution is -0.144. The minimum atomic E-state index is -0.915. The molecule has 10 nitrogen and oxygen atoms in total. The molecule has 3 atom stereocenters. The van der Waals surface area contributed by atoms with Gasteiger partial charge in [-0.25, -0.2) is 0 Å². The second kappa shape index (κ2) is 13.9. The summed E-state index contributed by atoms with van der Waals surface area (Å²) in [6.07, 6.45) is 6.17. The number of Topliss-reactive ketones (excluding diaryl/α,β-unsaturated/α-hetero) is 1. The Morgan fingerprint density at radius 2 is 1.61 bits per heavy atom. The van der Waals surface area contributed by atoms with Gasteiger partial charge in [-0.15, -0.1) is 23.5 Å². The third kappa shape index (κ3) is 7.32. The lowest BCUT2D eigenvalue weighted by atomic mass is 9.82. The molecule has 0 unspecified atom stereocenters. The number of thioether (sulfide) groups is 2. The molecule has 3 fully saturated rings. The van der Waals surface area contributed by atoms with E-state index in [4.69, 9.17) is 0 Å². The fraction of sp³-hybridized carbons (Fsp3) is 0.719. The molecule has 1 spiro atoms. The quantitative estimate of drug-likeness (QED) is 0.313. The predicted octanol–water partition coefficient (Wildman–Crippen LogP) is 3.96. The van der Waals surface area contributed by atoms with Gasteiger partial charge in [0.25, 0.3) is 5.91 Å². The zero-order valence-corrected chi connectivity index (χ0v) is 28.8. The van der Waals surface area contributed by atoms with E-state index in [2.05, 4.69) is 20.9 Å². The molecule has 44 heavy (non-hydrogen) atoms. The Kier molecular flexibility index (Phi) is 10.9. The highest BCUT2D eigenvalue weighted by Gasteiger charge is 2.52. The van der Waals surface area contributed by atoms with Gasteiger partial charge in [0.05, 0.1) is 9.64 Å². The van der Waals surface area contributed by atoms with Crippen molar-refractivity contribution in [2.45, 2.75) is 109 Å². The van der Waals surface area contributed by atoms with E-state index < -0.39 is 35.4 Å². The van der Waals surface area contributed by atoms with E-state index in [0.717, 1.165) is 55.7 Å². The number of aryl methyl sites for hydroxylation is 1. The number of likely N-dealkylation sites (N-methyl/N-ethyl adjacent to an activating group) is 1. The third-order valence-corrected chi connectivity index (χ3v) is 12.6. The van der Waals surface area contributed by atoms with Crippen LogP contribution >= 0.6 is 23.5 Å². The first-order chi connectivity index (χ1) is 20.7. The molecule has 0 bridgehead atoms. The van der Waals surface area contributed by atoms with Gasteiger partial charge in [0.1, 0.15) is 23.8 Å². The summed E-state index contributed by atoms with van der Waals surface area (Å²) >= 11 is 3.64. The van der Waals surface area contributed by atoms with E-state index in [0.29, 0.717) is 24.1 Å². The number of hydrogen-bond donors (Lipinski definition) is 4. The lowest BCUT2D eigenvalue weighted by Crippen LogP contribution is -2.61. The Morgan fingerprint density at radius 3 is 2.18 bits per heavy atom. The van der Waals surface area contributed by atoms with Gasteiger partial charge >= 0.3 is 0 Å². The normalized spacial score (nSPS) is 21.9. The maximum absolute atomic E-state index is 14.4. The maximum atomic E-state index is 14.4. The van der Waals surface area contributed by atoms with Crippen LogP contribution in [0.2, 0.25) is 0 Å². The van der Waals surface area contributed by atoms with Crippen LogP contribution in [0.5, 0.6) is 0 Å². The summed E-state index contributed by atoms with van der Waals surface area (Å²) in [6.45, 7) is 11.2. The van der Waals surface area contributed by atoms with Gasteiger partial charge in [0.15, 0.2) is 5.78 Å². The number of H-pyrrole nitrogens is 1. The van der Waals surface area contributed by atoms with E-state index in [1.807, 2.05) is 51.2 Å². The van der Waals surface area contributed by atoms with E-state index in [-0.39, 0.29) is 33.3 Å². The third-order valence-electron chi connectivity index (χ3n) is 9.31. The predicted molar refractivity (Wildman–Crippen MR) is 176 cm³/mol. The molecule has 244 valence electrons.